The molecule has 1 aliphatic rings. The number of halogens is 2. The zero-order chi connectivity index (χ0) is 16.9. The van der Waals surface area contributed by atoms with Gasteiger partial charge in [-0.25, -0.2) is 9.97 Å². The minimum atomic E-state index is -0.377. The molecule has 1 saturated carbocycles. The fourth-order valence-corrected chi connectivity index (χ4v) is 2.98. The molecule has 0 aromatic carbocycles. The first-order chi connectivity index (χ1) is 11.6. The number of hydrogen-bond donors (Lipinski definition) is 1. The SMILES string of the molecule is O=C(NCc1ccnc(OC2CCCC2)c1)c1nc(Cl)ccc1Cl. The zero-order valence-corrected chi connectivity index (χ0v) is 14.5. The average Bonchev–Trinajstić information content (AvgIpc) is 3.08. The van der Waals surface area contributed by atoms with Crippen molar-refractivity contribution in [1.29, 1.82) is 0 Å². The Labute approximate surface area is 150 Å². The fourth-order valence-electron chi connectivity index (χ4n) is 2.65. The number of amides is 1. The summed E-state index contributed by atoms with van der Waals surface area (Å²) in [7, 11) is 0. The summed E-state index contributed by atoms with van der Waals surface area (Å²) in [6.07, 6.45) is 6.47. The van der Waals surface area contributed by atoms with Crippen molar-refractivity contribution in [3.63, 3.8) is 0 Å². The van der Waals surface area contributed by atoms with Crippen LogP contribution in [0.3, 0.4) is 0 Å². The van der Waals surface area contributed by atoms with E-state index in [4.69, 9.17) is 27.9 Å². The van der Waals surface area contributed by atoms with Crippen LogP contribution in [0.5, 0.6) is 5.88 Å². The highest BCUT2D eigenvalue weighted by atomic mass is 35.5. The van der Waals surface area contributed by atoms with Crippen molar-refractivity contribution in [3.05, 3.63) is 51.9 Å². The Bertz CT molecular complexity index is 734. The molecule has 0 atom stereocenters. The summed E-state index contributed by atoms with van der Waals surface area (Å²) in [5, 5.41) is 3.26. The van der Waals surface area contributed by atoms with E-state index in [1.165, 1.54) is 18.9 Å². The molecule has 1 aliphatic carbocycles. The van der Waals surface area contributed by atoms with Crippen molar-refractivity contribution in [2.45, 2.75) is 38.3 Å². The van der Waals surface area contributed by atoms with Crippen molar-refractivity contribution in [1.82, 2.24) is 15.3 Å². The monoisotopic (exact) mass is 365 g/mol. The van der Waals surface area contributed by atoms with E-state index >= 15 is 0 Å². The number of carbonyl (C=O) groups is 1. The van der Waals surface area contributed by atoms with Gasteiger partial charge in [0.2, 0.25) is 5.88 Å². The van der Waals surface area contributed by atoms with Crippen LogP contribution in [0.2, 0.25) is 10.2 Å². The molecule has 0 bridgehead atoms. The summed E-state index contributed by atoms with van der Waals surface area (Å²) in [5.41, 5.74) is 1.00. The number of nitrogens with one attached hydrogen (secondary N) is 1. The van der Waals surface area contributed by atoms with E-state index in [-0.39, 0.29) is 27.9 Å². The van der Waals surface area contributed by atoms with Gasteiger partial charge < -0.3 is 10.1 Å². The second-order valence-corrected chi connectivity index (χ2v) is 6.47. The Hall–Kier alpha value is -1.85. The summed E-state index contributed by atoms with van der Waals surface area (Å²) in [4.78, 5) is 20.4. The van der Waals surface area contributed by atoms with E-state index in [9.17, 15) is 4.79 Å². The quantitative estimate of drug-likeness (QED) is 0.812. The lowest BCUT2D eigenvalue weighted by molar-refractivity contribution is 0.0946. The van der Waals surface area contributed by atoms with Crippen molar-refractivity contribution in [2.75, 3.05) is 0 Å². The van der Waals surface area contributed by atoms with Gasteiger partial charge >= 0.3 is 0 Å². The molecule has 0 unspecified atom stereocenters. The number of carbonyl (C=O) groups excluding carboxylic acids is 1. The summed E-state index contributed by atoms with van der Waals surface area (Å²) in [6, 6.07) is 6.75. The fraction of sp³-hybridized carbons (Fsp3) is 0.353. The maximum Gasteiger partial charge on any atom is 0.271 e. The third-order valence-electron chi connectivity index (χ3n) is 3.87. The summed E-state index contributed by atoms with van der Waals surface area (Å²) in [6.45, 7) is 0.326. The maximum absolute atomic E-state index is 12.2. The summed E-state index contributed by atoms with van der Waals surface area (Å²) >= 11 is 11.8. The standard InChI is InChI=1S/C17H17Cl2N3O2/c18-13-5-6-14(19)22-16(13)17(23)21-10-11-7-8-20-15(9-11)24-12-3-1-2-4-12/h5-9,12H,1-4,10H2,(H,21,23). The predicted molar refractivity (Wildman–Crippen MR) is 92.5 cm³/mol. The molecule has 7 heteroatoms. The summed E-state index contributed by atoms with van der Waals surface area (Å²) < 4.78 is 5.87. The molecule has 0 aliphatic heterocycles. The number of pyridine rings is 2. The first-order valence-corrected chi connectivity index (χ1v) is 8.59. The van der Waals surface area contributed by atoms with Gasteiger partial charge in [0, 0.05) is 18.8 Å². The van der Waals surface area contributed by atoms with E-state index < -0.39 is 0 Å². The average molecular weight is 366 g/mol. The van der Waals surface area contributed by atoms with Crippen LogP contribution in [-0.2, 0) is 6.54 Å². The summed E-state index contributed by atoms with van der Waals surface area (Å²) in [5.74, 6) is 0.213. The molecular weight excluding hydrogens is 349 g/mol. The normalized spacial score (nSPS) is 14.6. The van der Waals surface area contributed by atoms with Crippen molar-refractivity contribution in [2.24, 2.45) is 0 Å². The Morgan fingerprint density at radius 1 is 1.25 bits per heavy atom. The van der Waals surface area contributed by atoms with Gasteiger partial charge in [0.05, 0.1) is 5.02 Å². The number of hydrogen-bond acceptors (Lipinski definition) is 4. The van der Waals surface area contributed by atoms with Crippen LogP contribution in [-0.4, -0.2) is 22.0 Å². The Morgan fingerprint density at radius 3 is 2.83 bits per heavy atom. The van der Waals surface area contributed by atoms with E-state index in [0.29, 0.717) is 12.4 Å². The van der Waals surface area contributed by atoms with E-state index in [1.807, 2.05) is 12.1 Å². The van der Waals surface area contributed by atoms with E-state index in [2.05, 4.69) is 15.3 Å². The number of aromatic nitrogens is 2. The molecule has 24 heavy (non-hydrogen) atoms. The highest BCUT2D eigenvalue weighted by molar-refractivity contribution is 6.34. The molecule has 1 amide bonds. The van der Waals surface area contributed by atoms with Crippen LogP contribution in [0.4, 0.5) is 0 Å². The Morgan fingerprint density at radius 2 is 2.04 bits per heavy atom. The number of rotatable bonds is 5. The molecule has 2 aromatic heterocycles. The zero-order valence-electron chi connectivity index (χ0n) is 13.0. The number of ether oxygens (including phenoxy) is 1. The second-order valence-electron chi connectivity index (χ2n) is 5.67. The van der Waals surface area contributed by atoms with Crippen LogP contribution in [0.25, 0.3) is 0 Å². The molecule has 3 rings (SSSR count). The number of nitrogens with zero attached hydrogens (tertiary/aromatic N) is 2. The van der Waals surface area contributed by atoms with Gasteiger partial charge in [-0.1, -0.05) is 23.2 Å². The van der Waals surface area contributed by atoms with Crippen molar-refractivity contribution >= 4 is 29.1 Å². The first kappa shape index (κ1) is 17.0. The maximum atomic E-state index is 12.2. The van der Waals surface area contributed by atoms with Gasteiger partial charge in [0.1, 0.15) is 17.0 Å². The molecule has 1 fully saturated rings. The van der Waals surface area contributed by atoms with Crippen LogP contribution in [0, 0.1) is 0 Å². The predicted octanol–water partition coefficient (Wildman–Crippen LogP) is 4.03. The largest absolute Gasteiger partial charge is 0.474 e. The Kier molecular flexibility index (Phi) is 5.53. The van der Waals surface area contributed by atoms with Gasteiger partial charge in [-0.15, -0.1) is 0 Å². The van der Waals surface area contributed by atoms with Gasteiger partial charge in [-0.3, -0.25) is 4.79 Å². The van der Waals surface area contributed by atoms with Gasteiger partial charge in [0.15, 0.2) is 0 Å². The van der Waals surface area contributed by atoms with E-state index in [1.54, 1.807) is 12.3 Å². The first-order valence-electron chi connectivity index (χ1n) is 7.83. The molecule has 0 radical (unpaired) electrons. The van der Waals surface area contributed by atoms with Crippen molar-refractivity contribution < 1.29 is 9.53 Å². The molecule has 2 heterocycles. The minimum Gasteiger partial charge on any atom is -0.474 e. The Balaban J connectivity index is 1.61. The van der Waals surface area contributed by atoms with Gasteiger partial charge in [0.25, 0.3) is 5.91 Å². The molecule has 1 N–H and O–H groups in total. The topological polar surface area (TPSA) is 64.1 Å². The third-order valence-corrected chi connectivity index (χ3v) is 4.38. The molecular formula is C17H17Cl2N3O2. The van der Waals surface area contributed by atoms with Crippen molar-refractivity contribution in [3.8, 4) is 5.88 Å². The molecule has 0 saturated heterocycles. The van der Waals surface area contributed by atoms with Gasteiger partial charge in [-0.2, -0.15) is 0 Å². The molecule has 126 valence electrons. The lowest BCUT2D eigenvalue weighted by Crippen LogP contribution is -2.24. The van der Waals surface area contributed by atoms with E-state index in [0.717, 1.165) is 18.4 Å². The van der Waals surface area contributed by atoms with Crippen LogP contribution < -0.4 is 10.1 Å². The van der Waals surface area contributed by atoms with Crippen LogP contribution >= 0.6 is 23.2 Å². The molecule has 5 nitrogen and oxygen atoms in total. The molecule has 2 aromatic rings. The van der Waals surface area contributed by atoms with Crippen LogP contribution in [0.15, 0.2) is 30.5 Å². The highest BCUT2D eigenvalue weighted by Crippen LogP contribution is 2.23. The smallest absolute Gasteiger partial charge is 0.271 e. The van der Waals surface area contributed by atoms with Crippen LogP contribution in [0.1, 0.15) is 41.7 Å². The van der Waals surface area contributed by atoms with Gasteiger partial charge in [-0.05, 0) is 49.4 Å². The minimum absolute atomic E-state index is 0.112. The lowest BCUT2D eigenvalue weighted by Gasteiger charge is -2.13. The molecule has 0 spiro atoms. The second kappa shape index (κ2) is 7.81. The third kappa shape index (κ3) is 4.36. The highest BCUT2D eigenvalue weighted by Gasteiger charge is 2.17. The lowest BCUT2D eigenvalue weighted by atomic mass is 10.2.